The smallest absolute Gasteiger partial charge is 0.330 e. The quantitative estimate of drug-likeness (QED) is 0.696. The summed E-state index contributed by atoms with van der Waals surface area (Å²) in [6, 6.07) is 7.45. The zero-order valence-corrected chi connectivity index (χ0v) is 7.78. The van der Waals surface area contributed by atoms with Crippen molar-refractivity contribution < 1.29 is 9.90 Å². The lowest BCUT2D eigenvalue weighted by Crippen LogP contribution is -1.92. The van der Waals surface area contributed by atoms with Crippen LogP contribution in [-0.2, 0) is 4.79 Å². The molecule has 0 bridgehead atoms. The zero-order valence-electron chi connectivity index (χ0n) is 7.78. The maximum atomic E-state index is 10.5. The molecule has 0 spiro atoms. The molecule has 0 aromatic heterocycles. The topological polar surface area (TPSA) is 54.4 Å². The normalized spacial score (nSPS) is 9.50. The number of benzene rings is 1. The van der Waals surface area contributed by atoms with Crippen LogP contribution in [0.15, 0.2) is 41.2 Å². The van der Waals surface area contributed by atoms with E-state index in [0.717, 1.165) is 10.8 Å². The number of hydrogen-bond acceptors (Lipinski definition) is 2. The van der Waals surface area contributed by atoms with Crippen molar-refractivity contribution in [1.82, 2.24) is 0 Å². The van der Waals surface area contributed by atoms with Gasteiger partial charge in [0.1, 0.15) is 0 Å². The third kappa shape index (κ3) is 2.29. The first-order chi connectivity index (χ1) is 6.54. The molecule has 2 rings (SSSR count). The van der Waals surface area contributed by atoms with E-state index in [1.807, 2.05) is 24.3 Å². The van der Waals surface area contributed by atoms with Gasteiger partial charge in [-0.2, -0.15) is 0 Å². The third-order valence-electron chi connectivity index (χ3n) is 1.72. The molecule has 1 N–H and O–H groups in total. The zero-order chi connectivity index (χ0) is 10.7. The van der Waals surface area contributed by atoms with Crippen LogP contribution in [0, 0.1) is 0 Å². The molecule has 0 amide bonds. The van der Waals surface area contributed by atoms with Gasteiger partial charge in [0.25, 0.3) is 0 Å². The molecule has 3 heteroatoms. The minimum atomic E-state index is -0.935. The van der Waals surface area contributed by atoms with E-state index >= 15 is 0 Å². The molecule has 0 fully saturated rings. The Morgan fingerprint density at radius 1 is 1.29 bits per heavy atom. The summed E-state index contributed by atoms with van der Waals surface area (Å²) in [5.74, 6) is -0.935. The molecule has 0 saturated carbocycles. The van der Waals surface area contributed by atoms with E-state index in [9.17, 15) is 9.59 Å². The van der Waals surface area contributed by atoms with Crippen molar-refractivity contribution >= 4 is 16.7 Å². The molecular weight excluding hydrogens is 180 g/mol. The summed E-state index contributed by atoms with van der Waals surface area (Å²) in [5.41, 5.74) is 0.394. The van der Waals surface area contributed by atoms with Crippen LogP contribution in [0.5, 0.6) is 0 Å². The number of fused-ring (bicyclic) bond motifs is 1. The van der Waals surface area contributed by atoms with Crippen LogP contribution in [0.3, 0.4) is 0 Å². The molecule has 0 heterocycles. The Morgan fingerprint density at radius 2 is 1.64 bits per heavy atom. The minimum Gasteiger partial charge on any atom is -0.478 e. The van der Waals surface area contributed by atoms with Crippen molar-refractivity contribution in [1.29, 1.82) is 0 Å². The molecule has 0 unspecified atom stereocenters. The second-order valence-electron chi connectivity index (χ2n) is 2.96. The van der Waals surface area contributed by atoms with Crippen molar-refractivity contribution in [2.24, 2.45) is 0 Å². The van der Waals surface area contributed by atoms with Crippen molar-refractivity contribution in [3.63, 3.8) is 0 Å². The number of rotatable bonds is 1. The van der Waals surface area contributed by atoms with Crippen molar-refractivity contribution in [2.75, 3.05) is 0 Å². The summed E-state index contributed by atoms with van der Waals surface area (Å²) in [5, 5.41) is 9.68. The van der Waals surface area contributed by atoms with E-state index in [1.165, 1.54) is 6.92 Å². The third-order valence-corrected chi connectivity index (χ3v) is 1.72. The van der Waals surface area contributed by atoms with Gasteiger partial charge in [0.2, 0.25) is 0 Å². The van der Waals surface area contributed by atoms with E-state index in [4.69, 9.17) is 5.11 Å². The second kappa shape index (κ2) is 3.87. The van der Waals surface area contributed by atoms with E-state index in [-0.39, 0.29) is 11.0 Å². The highest BCUT2D eigenvalue weighted by atomic mass is 16.4. The number of carbonyl (C=O) groups is 1. The van der Waals surface area contributed by atoms with Crippen LogP contribution in [-0.4, -0.2) is 11.1 Å². The minimum absolute atomic E-state index is 0.176. The number of hydrogen-bond donors (Lipinski definition) is 1. The van der Waals surface area contributed by atoms with Gasteiger partial charge in [0.05, 0.1) is 0 Å². The Balaban J connectivity index is 0.000000149. The molecule has 0 atom stereocenters. The predicted molar refractivity (Wildman–Crippen MR) is 55.0 cm³/mol. The van der Waals surface area contributed by atoms with Crippen LogP contribution in [0.1, 0.15) is 6.92 Å². The van der Waals surface area contributed by atoms with Gasteiger partial charge in [-0.25, -0.2) is 4.79 Å². The van der Waals surface area contributed by atoms with E-state index in [0.29, 0.717) is 0 Å². The highest BCUT2D eigenvalue weighted by Crippen LogP contribution is 2.11. The van der Waals surface area contributed by atoms with Crippen molar-refractivity contribution in [3.8, 4) is 0 Å². The summed E-state index contributed by atoms with van der Waals surface area (Å²) in [7, 11) is 0. The summed E-state index contributed by atoms with van der Waals surface area (Å²) in [4.78, 5) is 20.1. The molecule has 0 aliphatic rings. The largest absolute Gasteiger partial charge is 0.478 e. The van der Waals surface area contributed by atoms with E-state index in [1.54, 1.807) is 0 Å². The average molecular weight is 190 g/mol. The van der Waals surface area contributed by atoms with E-state index < -0.39 is 5.97 Å². The van der Waals surface area contributed by atoms with Gasteiger partial charge in [0, 0.05) is 16.3 Å². The molecule has 3 nitrogen and oxygen atoms in total. The fraction of sp³-hybridized carbons (Fsp3) is 0.0909. The molecule has 2 aromatic rings. The maximum Gasteiger partial charge on any atom is 0.330 e. The first kappa shape index (κ1) is 10.2. The Kier molecular flexibility index (Phi) is 2.82. The van der Waals surface area contributed by atoms with Gasteiger partial charge in [0.15, 0.2) is 5.43 Å². The fourth-order valence-corrected chi connectivity index (χ4v) is 0.833. The van der Waals surface area contributed by atoms with Crippen LogP contribution < -0.4 is 5.43 Å². The standard InChI is InChI=1S/C7H4O.C4H6O2/c8-7-5-3-1-2-4-6(5)7;1-3(2)4(5)6/h1-4H;1H2,2H3,(H,5,6). The molecule has 0 aliphatic carbocycles. The SMILES string of the molecule is C=C(C)C(=O)O.O=c1c2ccccc12. The van der Waals surface area contributed by atoms with Crippen LogP contribution >= 0.6 is 0 Å². The lowest BCUT2D eigenvalue weighted by molar-refractivity contribution is -0.132. The lowest BCUT2D eigenvalue weighted by atomic mass is 10.4. The first-order valence-corrected chi connectivity index (χ1v) is 4.06. The highest BCUT2D eigenvalue weighted by molar-refractivity contribution is 5.97. The molecule has 2 aromatic carbocycles. The first-order valence-electron chi connectivity index (χ1n) is 4.06. The maximum absolute atomic E-state index is 10.5. The highest BCUT2D eigenvalue weighted by Gasteiger charge is 2.07. The average Bonchev–Trinajstić information content (AvgIpc) is 2.80. The number of carboxylic acid groups (broad SMARTS) is 1. The van der Waals surface area contributed by atoms with Gasteiger partial charge in [-0.1, -0.05) is 30.8 Å². The fourth-order valence-electron chi connectivity index (χ4n) is 0.833. The summed E-state index contributed by atoms with van der Waals surface area (Å²) >= 11 is 0. The van der Waals surface area contributed by atoms with E-state index in [2.05, 4.69) is 6.58 Å². The van der Waals surface area contributed by atoms with Crippen LogP contribution in [0.2, 0.25) is 0 Å². The van der Waals surface area contributed by atoms with Gasteiger partial charge in [-0.15, -0.1) is 0 Å². The second-order valence-corrected chi connectivity index (χ2v) is 2.96. The van der Waals surface area contributed by atoms with Crippen LogP contribution in [0.25, 0.3) is 10.8 Å². The Morgan fingerprint density at radius 3 is 1.86 bits per heavy atom. The predicted octanol–water partition coefficient (Wildman–Crippen LogP) is 1.72. The summed E-state index contributed by atoms with van der Waals surface area (Å²) in [6.07, 6.45) is 0. The Bertz CT molecular complexity index is 444. The Labute approximate surface area is 81.0 Å². The summed E-state index contributed by atoms with van der Waals surface area (Å²) in [6.45, 7) is 4.60. The Hall–Kier alpha value is -1.90. The molecule has 0 radical (unpaired) electrons. The van der Waals surface area contributed by atoms with Crippen molar-refractivity contribution in [2.45, 2.75) is 6.92 Å². The number of carboxylic acids is 1. The molecule has 0 saturated heterocycles. The molecular formula is C11H10O3. The van der Waals surface area contributed by atoms with Gasteiger partial charge in [-0.3, -0.25) is 4.79 Å². The molecule has 14 heavy (non-hydrogen) atoms. The van der Waals surface area contributed by atoms with Gasteiger partial charge < -0.3 is 5.11 Å². The molecule has 72 valence electrons. The molecule has 0 aliphatic heterocycles. The monoisotopic (exact) mass is 190 g/mol. The summed E-state index contributed by atoms with van der Waals surface area (Å²) < 4.78 is 0. The van der Waals surface area contributed by atoms with Crippen LogP contribution in [0.4, 0.5) is 0 Å². The number of aliphatic carboxylic acids is 1. The van der Waals surface area contributed by atoms with Crippen molar-refractivity contribution in [3.05, 3.63) is 46.6 Å². The van der Waals surface area contributed by atoms with Gasteiger partial charge in [-0.05, 0) is 6.92 Å². The van der Waals surface area contributed by atoms with Gasteiger partial charge >= 0.3 is 5.97 Å². The lowest BCUT2D eigenvalue weighted by Gasteiger charge is -1.79.